The Labute approximate surface area is 152 Å². The number of guanidine groups is 1. The Morgan fingerprint density at radius 3 is 2.91 bits per heavy atom. The highest BCUT2D eigenvalue weighted by Gasteiger charge is 2.42. The smallest absolute Gasteiger partial charge is 0.193 e. The highest BCUT2D eigenvalue weighted by Crippen LogP contribution is 2.38. The van der Waals surface area contributed by atoms with Gasteiger partial charge in [0.05, 0.1) is 6.61 Å². The zero-order chi connectivity index (χ0) is 14.7. The van der Waals surface area contributed by atoms with Gasteiger partial charge in [-0.25, -0.2) is 0 Å². The molecule has 1 saturated carbocycles. The van der Waals surface area contributed by atoms with Gasteiger partial charge in [-0.1, -0.05) is 19.8 Å². The molecule has 3 rings (SSSR count). The van der Waals surface area contributed by atoms with Gasteiger partial charge in [-0.05, 0) is 37.5 Å². The topological polar surface area (TPSA) is 36.9 Å². The van der Waals surface area contributed by atoms with Crippen molar-refractivity contribution < 1.29 is 4.74 Å². The molecule has 5 heteroatoms. The van der Waals surface area contributed by atoms with Crippen LogP contribution in [-0.4, -0.2) is 50.8 Å². The standard InChI is InChI=1S/C17H31N3O.HI/c1-14-4-3-5-15(10-14)11-19-16(18-2)20-8-6-17(12-20)7-9-21-13-17;/h14-15H,3-13H2,1-2H3,(H,18,19);1H. The van der Waals surface area contributed by atoms with E-state index in [9.17, 15) is 0 Å². The highest BCUT2D eigenvalue weighted by molar-refractivity contribution is 14.0. The summed E-state index contributed by atoms with van der Waals surface area (Å²) in [4.78, 5) is 6.96. The average molecular weight is 421 g/mol. The van der Waals surface area contributed by atoms with E-state index >= 15 is 0 Å². The molecule has 0 bridgehead atoms. The van der Waals surface area contributed by atoms with Gasteiger partial charge in [0.25, 0.3) is 0 Å². The second kappa shape index (κ2) is 8.18. The molecule has 4 nitrogen and oxygen atoms in total. The number of halogens is 1. The van der Waals surface area contributed by atoms with E-state index < -0.39 is 0 Å². The number of hydrogen-bond donors (Lipinski definition) is 1. The average Bonchev–Trinajstić information content (AvgIpc) is 3.11. The molecule has 1 N–H and O–H groups in total. The summed E-state index contributed by atoms with van der Waals surface area (Å²) in [7, 11) is 1.92. The van der Waals surface area contributed by atoms with E-state index in [0.717, 1.165) is 50.6 Å². The monoisotopic (exact) mass is 421 g/mol. The molecule has 2 heterocycles. The van der Waals surface area contributed by atoms with Crippen LogP contribution in [0.15, 0.2) is 4.99 Å². The Balaban J connectivity index is 0.00000176. The predicted molar refractivity (Wildman–Crippen MR) is 102 cm³/mol. The van der Waals surface area contributed by atoms with Crippen molar-refractivity contribution in [3.05, 3.63) is 0 Å². The van der Waals surface area contributed by atoms with Crippen molar-refractivity contribution in [3.8, 4) is 0 Å². The van der Waals surface area contributed by atoms with Crippen molar-refractivity contribution in [2.45, 2.75) is 45.4 Å². The van der Waals surface area contributed by atoms with E-state index in [2.05, 4.69) is 22.1 Å². The minimum absolute atomic E-state index is 0. The largest absolute Gasteiger partial charge is 0.381 e. The number of nitrogens with one attached hydrogen (secondary N) is 1. The Kier molecular flexibility index (Phi) is 6.80. The fourth-order valence-corrected chi connectivity index (χ4v) is 4.40. The fourth-order valence-electron chi connectivity index (χ4n) is 4.40. The molecule has 1 spiro atoms. The van der Waals surface area contributed by atoms with Gasteiger partial charge in [-0.2, -0.15) is 0 Å². The molecule has 1 aliphatic carbocycles. The molecule has 2 aliphatic heterocycles. The molecule has 3 aliphatic rings. The van der Waals surface area contributed by atoms with Crippen LogP contribution in [0.3, 0.4) is 0 Å². The van der Waals surface area contributed by atoms with Crippen LogP contribution in [0.25, 0.3) is 0 Å². The zero-order valence-corrected chi connectivity index (χ0v) is 16.5. The lowest BCUT2D eigenvalue weighted by Gasteiger charge is -2.29. The van der Waals surface area contributed by atoms with Crippen LogP contribution in [0, 0.1) is 17.3 Å². The molecular weight excluding hydrogens is 389 g/mol. The summed E-state index contributed by atoms with van der Waals surface area (Å²) in [6.45, 7) is 7.63. The van der Waals surface area contributed by atoms with Gasteiger partial charge in [0.1, 0.15) is 0 Å². The molecule has 3 fully saturated rings. The molecule has 3 atom stereocenters. The fraction of sp³-hybridized carbons (Fsp3) is 0.941. The van der Waals surface area contributed by atoms with Crippen molar-refractivity contribution in [1.82, 2.24) is 10.2 Å². The first kappa shape index (κ1) is 18.3. The Bertz CT molecular complexity index is 382. The van der Waals surface area contributed by atoms with Crippen LogP contribution < -0.4 is 5.32 Å². The van der Waals surface area contributed by atoms with E-state index in [4.69, 9.17) is 4.74 Å². The lowest BCUT2D eigenvalue weighted by molar-refractivity contribution is 0.156. The minimum Gasteiger partial charge on any atom is -0.381 e. The number of likely N-dealkylation sites (tertiary alicyclic amines) is 1. The zero-order valence-electron chi connectivity index (χ0n) is 14.1. The summed E-state index contributed by atoms with van der Waals surface area (Å²) in [5.41, 5.74) is 0.414. The van der Waals surface area contributed by atoms with E-state index in [1.54, 1.807) is 0 Å². The molecule has 128 valence electrons. The molecular formula is C17H32IN3O. The molecule has 3 unspecified atom stereocenters. The lowest BCUT2D eigenvalue weighted by atomic mass is 9.82. The molecule has 0 aromatic carbocycles. The van der Waals surface area contributed by atoms with E-state index in [1.165, 1.54) is 38.5 Å². The Morgan fingerprint density at radius 1 is 1.36 bits per heavy atom. The Hall–Kier alpha value is -0.0400. The quantitative estimate of drug-likeness (QED) is 0.423. The number of ether oxygens (including phenoxy) is 1. The summed E-state index contributed by atoms with van der Waals surface area (Å²) >= 11 is 0. The van der Waals surface area contributed by atoms with E-state index in [-0.39, 0.29) is 24.0 Å². The first-order valence-electron chi connectivity index (χ1n) is 8.74. The van der Waals surface area contributed by atoms with Crippen LogP contribution in [0.4, 0.5) is 0 Å². The number of aliphatic imine (C=N–C) groups is 1. The van der Waals surface area contributed by atoms with Crippen molar-refractivity contribution in [2.24, 2.45) is 22.2 Å². The first-order chi connectivity index (χ1) is 10.2. The normalized spacial score (nSPS) is 35.7. The van der Waals surface area contributed by atoms with Gasteiger partial charge in [-0.15, -0.1) is 24.0 Å². The number of nitrogens with zero attached hydrogens (tertiary/aromatic N) is 2. The molecule has 0 aromatic rings. The van der Waals surface area contributed by atoms with Gasteiger partial charge in [-0.3, -0.25) is 4.99 Å². The third kappa shape index (κ3) is 4.28. The number of rotatable bonds is 2. The van der Waals surface area contributed by atoms with Crippen molar-refractivity contribution in [1.29, 1.82) is 0 Å². The van der Waals surface area contributed by atoms with Gasteiger partial charge < -0.3 is 15.0 Å². The maximum atomic E-state index is 5.62. The highest BCUT2D eigenvalue weighted by atomic mass is 127. The van der Waals surface area contributed by atoms with Crippen molar-refractivity contribution in [3.63, 3.8) is 0 Å². The summed E-state index contributed by atoms with van der Waals surface area (Å²) < 4.78 is 5.62. The van der Waals surface area contributed by atoms with E-state index in [0.29, 0.717) is 5.41 Å². The molecule has 0 amide bonds. The summed E-state index contributed by atoms with van der Waals surface area (Å²) in [5, 5.41) is 3.64. The second-order valence-corrected chi connectivity index (χ2v) is 7.54. The third-order valence-corrected chi connectivity index (χ3v) is 5.73. The lowest BCUT2D eigenvalue weighted by Crippen LogP contribution is -2.43. The Morgan fingerprint density at radius 2 is 2.23 bits per heavy atom. The van der Waals surface area contributed by atoms with Crippen LogP contribution in [0.1, 0.15) is 45.4 Å². The number of hydrogen-bond acceptors (Lipinski definition) is 2. The van der Waals surface area contributed by atoms with Crippen LogP contribution >= 0.6 is 24.0 Å². The van der Waals surface area contributed by atoms with Crippen molar-refractivity contribution >= 4 is 29.9 Å². The van der Waals surface area contributed by atoms with Gasteiger partial charge in [0.15, 0.2) is 5.96 Å². The third-order valence-electron chi connectivity index (χ3n) is 5.73. The van der Waals surface area contributed by atoms with Crippen molar-refractivity contribution in [2.75, 3.05) is 39.9 Å². The summed E-state index contributed by atoms with van der Waals surface area (Å²) in [5.74, 6) is 2.84. The van der Waals surface area contributed by atoms with E-state index in [1.807, 2.05) is 7.05 Å². The first-order valence-corrected chi connectivity index (χ1v) is 8.74. The minimum atomic E-state index is 0. The predicted octanol–water partition coefficient (Wildman–Crippen LogP) is 3.12. The summed E-state index contributed by atoms with van der Waals surface area (Å²) in [6.07, 6.45) is 8.05. The van der Waals surface area contributed by atoms with Crippen LogP contribution in [-0.2, 0) is 4.74 Å². The second-order valence-electron chi connectivity index (χ2n) is 7.54. The van der Waals surface area contributed by atoms with Gasteiger partial charge >= 0.3 is 0 Å². The summed E-state index contributed by atoms with van der Waals surface area (Å²) in [6, 6.07) is 0. The molecule has 22 heavy (non-hydrogen) atoms. The van der Waals surface area contributed by atoms with Crippen LogP contribution in [0.5, 0.6) is 0 Å². The van der Waals surface area contributed by atoms with Crippen LogP contribution in [0.2, 0.25) is 0 Å². The maximum Gasteiger partial charge on any atom is 0.193 e. The van der Waals surface area contributed by atoms with Gasteiger partial charge in [0.2, 0.25) is 0 Å². The maximum absolute atomic E-state index is 5.62. The molecule has 2 saturated heterocycles. The molecule has 0 aromatic heterocycles. The molecule has 0 radical (unpaired) electrons. The SMILES string of the molecule is CN=C(NCC1CCCC(C)C1)N1CCC2(CCOC2)C1.I. The van der Waals surface area contributed by atoms with Gasteiger partial charge in [0, 0.05) is 38.7 Å².